The lowest BCUT2D eigenvalue weighted by atomic mass is 9.63. The number of carbonyl (C=O) groups excluding carboxylic acids is 1. The van der Waals surface area contributed by atoms with Gasteiger partial charge in [0, 0.05) is 31.3 Å². The van der Waals surface area contributed by atoms with Gasteiger partial charge in [-0.2, -0.15) is 0 Å². The Hall–Kier alpha value is -2.12. The van der Waals surface area contributed by atoms with Crippen LogP contribution in [0, 0.1) is 23.7 Å². The third-order valence-electron chi connectivity index (χ3n) is 7.20. The van der Waals surface area contributed by atoms with Crippen LogP contribution >= 0.6 is 0 Å². The first-order valence-corrected chi connectivity index (χ1v) is 10.3. The molecular weight excluding hydrogens is 336 g/mol. The van der Waals surface area contributed by atoms with E-state index in [-0.39, 0.29) is 5.78 Å². The summed E-state index contributed by atoms with van der Waals surface area (Å²) in [4.78, 5) is 19.5. The third-order valence-corrected chi connectivity index (χ3v) is 7.20. The van der Waals surface area contributed by atoms with Crippen LogP contribution in [0.15, 0.2) is 17.8 Å². The maximum Gasteiger partial charge on any atom is 0.177 e. The second kappa shape index (κ2) is 6.21. The van der Waals surface area contributed by atoms with Crippen molar-refractivity contribution >= 4 is 11.5 Å². The Labute approximate surface area is 160 Å². The minimum absolute atomic E-state index is 0.0150. The van der Waals surface area contributed by atoms with Crippen LogP contribution in [0.1, 0.15) is 67.9 Å². The van der Waals surface area contributed by atoms with Crippen LogP contribution in [-0.4, -0.2) is 33.9 Å². The molecule has 4 heteroatoms. The van der Waals surface area contributed by atoms with Gasteiger partial charge in [-0.15, -0.1) is 6.42 Å². The van der Waals surface area contributed by atoms with Crippen LogP contribution < -0.4 is 0 Å². The van der Waals surface area contributed by atoms with Gasteiger partial charge in [0.25, 0.3) is 0 Å². The molecule has 4 aliphatic rings. The first-order chi connectivity index (χ1) is 13.1. The van der Waals surface area contributed by atoms with Crippen molar-refractivity contribution in [2.24, 2.45) is 11.3 Å². The molecule has 1 unspecified atom stereocenters. The molecule has 1 atom stereocenters. The van der Waals surface area contributed by atoms with Gasteiger partial charge in [-0.25, -0.2) is 0 Å². The number of hydrogen-bond donors (Lipinski definition) is 1. The predicted octanol–water partition coefficient (Wildman–Crippen LogP) is 3.26. The summed E-state index contributed by atoms with van der Waals surface area (Å²) in [5, 5.41) is 10.5. The van der Waals surface area contributed by atoms with Gasteiger partial charge in [0.05, 0.1) is 23.1 Å². The number of rotatable bonds is 3. The zero-order valence-corrected chi connectivity index (χ0v) is 15.7. The van der Waals surface area contributed by atoms with Crippen molar-refractivity contribution in [1.29, 1.82) is 0 Å². The largest absolute Gasteiger partial charge is 0.387 e. The number of terminal acetylenes is 1. The smallest absolute Gasteiger partial charge is 0.177 e. The minimum Gasteiger partial charge on any atom is -0.387 e. The second-order valence-corrected chi connectivity index (χ2v) is 8.86. The summed E-state index contributed by atoms with van der Waals surface area (Å²) < 4.78 is 0. The van der Waals surface area contributed by atoms with Gasteiger partial charge in [0.15, 0.2) is 5.78 Å². The number of aliphatic hydroxyl groups excluding tert-OH is 1. The Bertz CT molecular complexity index is 861. The number of carbonyl (C=O) groups is 1. The molecule has 3 fully saturated rings. The van der Waals surface area contributed by atoms with Crippen LogP contribution in [0.2, 0.25) is 0 Å². The molecule has 2 heterocycles. The van der Waals surface area contributed by atoms with E-state index in [4.69, 9.17) is 6.42 Å². The van der Waals surface area contributed by atoms with Crippen LogP contribution in [-0.2, 0) is 11.2 Å². The second-order valence-electron chi connectivity index (χ2n) is 8.86. The molecule has 4 nitrogen and oxygen atoms in total. The molecule has 0 aromatic carbocycles. The number of allylic oxidation sites excluding steroid dienone is 1. The summed E-state index contributed by atoms with van der Waals surface area (Å²) in [5.41, 5.74) is 4.61. The summed E-state index contributed by atoms with van der Waals surface area (Å²) in [6.07, 6.45) is 15.9. The van der Waals surface area contributed by atoms with E-state index in [1.165, 1.54) is 32.1 Å². The zero-order valence-electron chi connectivity index (χ0n) is 15.7. The molecular formula is C23H26N2O2. The van der Waals surface area contributed by atoms with Crippen LogP contribution in [0.25, 0.3) is 5.70 Å². The van der Waals surface area contributed by atoms with Crippen LogP contribution in [0.4, 0.5) is 0 Å². The molecule has 0 radical (unpaired) electrons. The van der Waals surface area contributed by atoms with Gasteiger partial charge in [0.1, 0.15) is 0 Å². The number of nitrogens with zero attached hydrogens (tertiary/aromatic N) is 2. The van der Waals surface area contributed by atoms with E-state index in [2.05, 4.69) is 15.8 Å². The molecule has 27 heavy (non-hydrogen) atoms. The van der Waals surface area contributed by atoms with Crippen LogP contribution in [0.3, 0.4) is 0 Å². The van der Waals surface area contributed by atoms with Crippen molar-refractivity contribution in [2.45, 2.75) is 57.5 Å². The van der Waals surface area contributed by atoms with Gasteiger partial charge < -0.3 is 10.0 Å². The van der Waals surface area contributed by atoms with E-state index in [9.17, 15) is 9.90 Å². The molecule has 1 aliphatic heterocycles. The van der Waals surface area contributed by atoms with Gasteiger partial charge in [-0.1, -0.05) is 12.3 Å². The Morgan fingerprint density at radius 3 is 2.59 bits per heavy atom. The third kappa shape index (κ3) is 2.80. The van der Waals surface area contributed by atoms with Gasteiger partial charge in [-0.05, 0) is 61.5 Å². The summed E-state index contributed by atoms with van der Waals surface area (Å²) in [7, 11) is 0. The summed E-state index contributed by atoms with van der Waals surface area (Å²) in [6, 6.07) is 1.99. The Morgan fingerprint density at radius 2 is 2.00 bits per heavy atom. The topological polar surface area (TPSA) is 53.4 Å². The maximum atomic E-state index is 12.7. The Kier molecular flexibility index (Phi) is 3.91. The molecule has 2 saturated carbocycles. The molecule has 5 rings (SSSR count). The first kappa shape index (κ1) is 17.0. The lowest BCUT2D eigenvalue weighted by Crippen LogP contribution is -2.43. The molecule has 1 saturated heterocycles. The predicted molar refractivity (Wildman–Crippen MR) is 103 cm³/mol. The highest BCUT2D eigenvalue weighted by Gasteiger charge is 2.41. The lowest BCUT2D eigenvalue weighted by Gasteiger charge is -2.49. The Morgan fingerprint density at radius 1 is 1.26 bits per heavy atom. The minimum atomic E-state index is -0.511. The molecule has 3 aliphatic carbocycles. The van der Waals surface area contributed by atoms with Crippen molar-refractivity contribution in [3.63, 3.8) is 0 Å². The highest BCUT2D eigenvalue weighted by Crippen LogP contribution is 2.50. The van der Waals surface area contributed by atoms with E-state index in [1.54, 1.807) is 6.20 Å². The number of ketones is 1. The van der Waals surface area contributed by atoms with Crippen molar-refractivity contribution in [3.05, 3.63) is 34.7 Å². The number of pyridine rings is 1. The van der Waals surface area contributed by atoms with E-state index in [0.717, 1.165) is 42.8 Å². The lowest BCUT2D eigenvalue weighted by molar-refractivity contribution is -0.114. The standard InChI is InChI=1S/C23H26N2O2/c1-2-17-20(26)12-16-14-24-19(22(27)15-4-5-15)13-18(16)21(17)25-10-8-23(9-11-25)6-3-7-23/h1,13-15,22,27H,3-12H2. The summed E-state index contributed by atoms with van der Waals surface area (Å²) in [6.45, 7) is 1.91. The molecule has 1 spiro atoms. The van der Waals surface area contributed by atoms with Crippen molar-refractivity contribution in [3.8, 4) is 12.3 Å². The molecule has 140 valence electrons. The van der Waals surface area contributed by atoms with E-state index >= 15 is 0 Å². The highest BCUT2D eigenvalue weighted by atomic mass is 16.3. The number of hydrogen-bond acceptors (Lipinski definition) is 4. The van der Waals surface area contributed by atoms with Gasteiger partial charge >= 0.3 is 0 Å². The normalized spacial score (nSPS) is 25.0. The highest BCUT2D eigenvalue weighted by molar-refractivity contribution is 6.10. The van der Waals surface area contributed by atoms with Crippen molar-refractivity contribution < 1.29 is 9.90 Å². The van der Waals surface area contributed by atoms with Crippen LogP contribution in [0.5, 0.6) is 0 Å². The molecule has 1 aromatic rings. The average Bonchev–Trinajstić information content (AvgIpc) is 3.50. The maximum absolute atomic E-state index is 12.7. The fourth-order valence-electron chi connectivity index (χ4n) is 5.06. The number of piperidine rings is 1. The monoisotopic (exact) mass is 362 g/mol. The molecule has 1 N–H and O–H groups in total. The molecule has 0 bridgehead atoms. The van der Waals surface area contributed by atoms with Crippen molar-refractivity contribution in [2.75, 3.05) is 13.1 Å². The van der Waals surface area contributed by atoms with Crippen molar-refractivity contribution in [1.82, 2.24) is 9.88 Å². The van der Waals surface area contributed by atoms with E-state index in [0.29, 0.717) is 29.0 Å². The average molecular weight is 362 g/mol. The van der Waals surface area contributed by atoms with E-state index < -0.39 is 6.10 Å². The quantitative estimate of drug-likeness (QED) is 0.839. The van der Waals surface area contributed by atoms with Gasteiger partial charge in [0.2, 0.25) is 0 Å². The fourth-order valence-corrected chi connectivity index (χ4v) is 5.06. The Balaban J connectivity index is 1.52. The molecule has 0 amide bonds. The molecule has 1 aromatic heterocycles. The van der Waals surface area contributed by atoms with E-state index in [1.807, 2.05) is 6.07 Å². The first-order valence-electron chi connectivity index (χ1n) is 10.3. The zero-order chi connectivity index (χ0) is 18.6. The number of aromatic nitrogens is 1. The van der Waals surface area contributed by atoms with Gasteiger partial charge in [-0.3, -0.25) is 9.78 Å². The number of aliphatic hydroxyl groups is 1. The SMILES string of the molecule is C#CC1=C(N2CCC3(CCC3)CC2)c2cc(C(O)C3CC3)ncc2CC1=O. The number of Topliss-reactive ketones (excluding diaryl/α,β-unsaturated/α-hetero) is 1. The number of fused-ring (bicyclic) bond motifs is 1. The summed E-state index contributed by atoms with van der Waals surface area (Å²) >= 11 is 0. The fraction of sp³-hybridized carbons (Fsp3) is 0.565. The summed E-state index contributed by atoms with van der Waals surface area (Å²) in [5.74, 6) is 3.02. The number of likely N-dealkylation sites (tertiary alicyclic amines) is 1.